The number of nitrogens with two attached hydrogens (primary N) is 1. The van der Waals surface area contributed by atoms with Gasteiger partial charge in [-0.3, -0.25) is 14.5 Å². The molecule has 0 spiro atoms. The fourth-order valence-electron chi connectivity index (χ4n) is 6.15. The Kier molecular flexibility index (Phi) is 12.6. The van der Waals surface area contributed by atoms with Crippen LogP contribution in [0.15, 0.2) is 48.8 Å². The number of nitrogens with zero attached hydrogens (tertiary/aromatic N) is 6. The van der Waals surface area contributed by atoms with Gasteiger partial charge in [-0.25, -0.2) is 19.0 Å². The van der Waals surface area contributed by atoms with Crippen LogP contribution in [0.4, 0.5) is 15.9 Å². The standard InChI is InChI=1S/C30H37FN8O.2C2H4O2/c1-37-14-16-38(17-15-37)22-10-12-23(13-11-22)39-30-27(29(32)34-19-35-30)28(36-39)20-6-8-21(9-7-20)33-18-24-25(31)4-3-5-26(24)40-2;2*1-2(3)4/h3-9,19,22-23,33H,10-18H2,1-2H3,(H2,32,34,35);2*1H3,(H,3,4). The number of hydrogen-bond donors (Lipinski definition) is 4. The summed E-state index contributed by atoms with van der Waals surface area (Å²) in [7, 11) is 3.75. The van der Waals surface area contributed by atoms with Crippen molar-refractivity contribution in [2.75, 3.05) is 51.4 Å². The predicted molar refractivity (Wildman–Crippen MR) is 182 cm³/mol. The first-order valence-electron chi connectivity index (χ1n) is 15.9. The number of piperazine rings is 1. The van der Waals surface area contributed by atoms with Crippen molar-refractivity contribution in [3.05, 3.63) is 60.2 Å². The van der Waals surface area contributed by atoms with E-state index in [2.05, 4.69) is 36.8 Å². The van der Waals surface area contributed by atoms with Crippen molar-refractivity contribution in [3.8, 4) is 17.0 Å². The van der Waals surface area contributed by atoms with Crippen molar-refractivity contribution in [2.24, 2.45) is 0 Å². The van der Waals surface area contributed by atoms with Gasteiger partial charge in [-0.15, -0.1) is 0 Å². The summed E-state index contributed by atoms with van der Waals surface area (Å²) in [5, 5.41) is 24.0. The summed E-state index contributed by atoms with van der Waals surface area (Å²) in [6, 6.07) is 13.7. The van der Waals surface area contributed by atoms with E-state index in [-0.39, 0.29) is 11.9 Å². The molecule has 0 radical (unpaired) electrons. The minimum absolute atomic E-state index is 0.283. The first-order valence-corrected chi connectivity index (χ1v) is 15.9. The topological polar surface area (TPSA) is 172 Å². The molecule has 1 aliphatic heterocycles. The summed E-state index contributed by atoms with van der Waals surface area (Å²) >= 11 is 0. The number of carboxylic acids is 2. The molecule has 258 valence electrons. The number of halogens is 1. The molecule has 0 amide bonds. The molecule has 0 atom stereocenters. The first-order chi connectivity index (χ1) is 23.0. The summed E-state index contributed by atoms with van der Waals surface area (Å²) in [5.74, 6) is -1.01. The number of aliphatic carboxylic acids is 2. The highest BCUT2D eigenvalue weighted by molar-refractivity contribution is 5.98. The highest BCUT2D eigenvalue weighted by Crippen LogP contribution is 2.37. The number of rotatable bonds is 7. The number of ether oxygens (including phenoxy) is 1. The smallest absolute Gasteiger partial charge is 0.300 e. The molecule has 2 aromatic heterocycles. The minimum Gasteiger partial charge on any atom is -0.496 e. The summed E-state index contributed by atoms with van der Waals surface area (Å²) in [5.41, 5.74) is 10.2. The molecule has 2 aromatic carbocycles. The van der Waals surface area contributed by atoms with Crippen molar-refractivity contribution in [1.29, 1.82) is 0 Å². The van der Waals surface area contributed by atoms with Crippen molar-refractivity contribution in [2.45, 2.75) is 58.2 Å². The lowest BCUT2D eigenvalue weighted by Gasteiger charge is -2.41. The molecule has 1 aliphatic carbocycles. The van der Waals surface area contributed by atoms with Gasteiger partial charge in [-0.05, 0) is 57.0 Å². The Morgan fingerprint density at radius 2 is 1.56 bits per heavy atom. The lowest BCUT2D eigenvalue weighted by atomic mass is 9.90. The van der Waals surface area contributed by atoms with E-state index in [4.69, 9.17) is 35.4 Å². The second-order valence-electron chi connectivity index (χ2n) is 11.9. The second-order valence-corrected chi connectivity index (χ2v) is 11.9. The number of benzene rings is 2. The van der Waals surface area contributed by atoms with Gasteiger partial charge in [0.25, 0.3) is 11.9 Å². The lowest BCUT2D eigenvalue weighted by Crippen LogP contribution is -2.49. The Morgan fingerprint density at radius 3 is 2.17 bits per heavy atom. The van der Waals surface area contributed by atoms with Crippen LogP contribution in [0.25, 0.3) is 22.3 Å². The summed E-state index contributed by atoms with van der Waals surface area (Å²) in [6.45, 7) is 7.08. The molecule has 13 nitrogen and oxygen atoms in total. The molecule has 14 heteroatoms. The van der Waals surface area contributed by atoms with E-state index in [1.54, 1.807) is 19.2 Å². The zero-order valence-corrected chi connectivity index (χ0v) is 27.9. The lowest BCUT2D eigenvalue weighted by molar-refractivity contribution is -0.135. The van der Waals surface area contributed by atoms with E-state index in [9.17, 15) is 4.39 Å². The third kappa shape index (κ3) is 9.38. The van der Waals surface area contributed by atoms with E-state index in [0.29, 0.717) is 29.7 Å². The largest absolute Gasteiger partial charge is 0.496 e. The number of anilines is 2. The number of carboxylic acid groups (broad SMARTS) is 2. The molecule has 4 aromatic rings. The molecule has 3 heterocycles. The van der Waals surface area contributed by atoms with Crippen LogP contribution in [0.5, 0.6) is 5.75 Å². The molecule has 1 saturated carbocycles. The molecule has 2 fully saturated rings. The van der Waals surface area contributed by atoms with Gasteiger partial charge in [0.1, 0.15) is 29.4 Å². The first kappa shape index (κ1) is 36.0. The zero-order valence-electron chi connectivity index (χ0n) is 27.9. The number of carbonyl (C=O) groups is 2. The highest BCUT2D eigenvalue weighted by Gasteiger charge is 2.30. The normalized spacial score (nSPS) is 18.2. The zero-order chi connectivity index (χ0) is 34.8. The third-order valence-electron chi connectivity index (χ3n) is 8.51. The number of nitrogen functional groups attached to an aromatic ring is 1. The van der Waals surface area contributed by atoms with Crippen LogP contribution in [0, 0.1) is 5.82 Å². The number of fused-ring (bicyclic) bond motifs is 1. The number of aromatic nitrogens is 4. The number of likely N-dealkylation sites (N-methyl/N-ethyl adjacent to an activating group) is 1. The highest BCUT2D eigenvalue weighted by atomic mass is 19.1. The number of nitrogens with one attached hydrogen (secondary N) is 1. The molecular formula is C34H45FN8O5. The van der Waals surface area contributed by atoms with Gasteiger partial charge >= 0.3 is 0 Å². The molecule has 0 bridgehead atoms. The van der Waals surface area contributed by atoms with Gasteiger partial charge in [0.2, 0.25) is 0 Å². The van der Waals surface area contributed by atoms with Crippen molar-refractivity contribution < 1.29 is 28.9 Å². The monoisotopic (exact) mass is 664 g/mol. The average Bonchev–Trinajstić information content (AvgIpc) is 3.45. The summed E-state index contributed by atoms with van der Waals surface area (Å²) in [6.07, 6.45) is 6.00. The van der Waals surface area contributed by atoms with Gasteiger partial charge in [0, 0.05) is 69.4 Å². The average molecular weight is 665 g/mol. The number of hydrogen-bond acceptors (Lipinski definition) is 10. The van der Waals surface area contributed by atoms with E-state index >= 15 is 0 Å². The SMILES string of the molecule is CC(=O)O.CC(=O)O.COc1cccc(F)c1CNc1ccc(-c2nn(C3CCC(N4CCN(C)CC4)CC3)c3ncnc(N)c23)cc1. The van der Waals surface area contributed by atoms with E-state index in [0.717, 1.165) is 80.8 Å². The molecule has 48 heavy (non-hydrogen) atoms. The molecule has 1 saturated heterocycles. The fourth-order valence-corrected chi connectivity index (χ4v) is 6.15. The van der Waals surface area contributed by atoms with Crippen LogP contribution in [0.1, 0.15) is 51.1 Å². The quantitative estimate of drug-likeness (QED) is 0.214. The Hall–Kier alpha value is -4.82. The fraction of sp³-hybridized carbons (Fsp3) is 0.441. The van der Waals surface area contributed by atoms with E-state index in [1.165, 1.54) is 25.2 Å². The Bertz CT molecular complexity index is 1650. The van der Waals surface area contributed by atoms with Crippen molar-refractivity contribution in [3.63, 3.8) is 0 Å². The van der Waals surface area contributed by atoms with Crippen LogP contribution < -0.4 is 15.8 Å². The van der Waals surface area contributed by atoms with E-state index < -0.39 is 11.9 Å². The molecular weight excluding hydrogens is 619 g/mol. The van der Waals surface area contributed by atoms with Gasteiger partial charge < -0.3 is 30.9 Å². The maximum absolute atomic E-state index is 14.3. The predicted octanol–water partition coefficient (Wildman–Crippen LogP) is 4.75. The maximum atomic E-state index is 14.3. The van der Waals surface area contributed by atoms with Crippen LogP contribution in [-0.4, -0.2) is 98.1 Å². The van der Waals surface area contributed by atoms with Gasteiger partial charge in [-0.2, -0.15) is 5.10 Å². The summed E-state index contributed by atoms with van der Waals surface area (Å²) < 4.78 is 21.7. The molecule has 0 unspecified atom stereocenters. The third-order valence-corrected chi connectivity index (χ3v) is 8.51. The van der Waals surface area contributed by atoms with Gasteiger partial charge in [0.15, 0.2) is 5.65 Å². The van der Waals surface area contributed by atoms with E-state index in [1.807, 2.05) is 24.3 Å². The summed E-state index contributed by atoms with van der Waals surface area (Å²) in [4.78, 5) is 32.0. The van der Waals surface area contributed by atoms with Gasteiger partial charge in [0.05, 0.1) is 18.5 Å². The molecule has 6 rings (SSSR count). The van der Waals surface area contributed by atoms with Crippen LogP contribution in [0.3, 0.4) is 0 Å². The number of methoxy groups -OCH3 is 1. The van der Waals surface area contributed by atoms with Gasteiger partial charge in [-0.1, -0.05) is 18.2 Å². The van der Waals surface area contributed by atoms with Crippen LogP contribution in [0.2, 0.25) is 0 Å². The molecule has 5 N–H and O–H groups in total. The Balaban J connectivity index is 0.000000588. The second kappa shape index (κ2) is 16.8. The van der Waals surface area contributed by atoms with Crippen LogP contribution >= 0.6 is 0 Å². The minimum atomic E-state index is -0.833. The van der Waals surface area contributed by atoms with Crippen molar-refractivity contribution >= 4 is 34.5 Å². The maximum Gasteiger partial charge on any atom is 0.300 e. The molecule has 2 aliphatic rings. The Labute approximate surface area is 279 Å². The Morgan fingerprint density at radius 1 is 0.958 bits per heavy atom. The van der Waals surface area contributed by atoms with Crippen LogP contribution in [-0.2, 0) is 16.1 Å². The van der Waals surface area contributed by atoms with Crippen molar-refractivity contribution in [1.82, 2.24) is 29.5 Å².